The Labute approximate surface area is 145 Å². The maximum atomic E-state index is 12.8. The van der Waals surface area contributed by atoms with Crippen LogP contribution in [-0.4, -0.2) is 25.3 Å². The van der Waals surface area contributed by atoms with E-state index in [1.165, 1.54) is 11.6 Å². The topological polar surface area (TPSA) is 71.1 Å². The monoisotopic (exact) mass is 342 g/mol. The van der Waals surface area contributed by atoms with Crippen LogP contribution < -0.4 is 16.0 Å². The summed E-state index contributed by atoms with van der Waals surface area (Å²) in [7, 11) is 3.08. The SMILES string of the molecule is CCCOc1nc2c(c(=O)n(C)c(=O)n2C)n1C(C)c1ccccc1. The lowest BCUT2D eigenvalue weighted by Crippen LogP contribution is -2.37. The molecule has 0 spiro atoms. The van der Waals surface area contributed by atoms with Crippen molar-refractivity contribution in [3.8, 4) is 6.01 Å². The van der Waals surface area contributed by atoms with Gasteiger partial charge in [0.15, 0.2) is 11.2 Å². The van der Waals surface area contributed by atoms with Crippen molar-refractivity contribution in [2.75, 3.05) is 6.61 Å². The van der Waals surface area contributed by atoms with E-state index in [9.17, 15) is 9.59 Å². The molecular formula is C18H22N4O3. The second-order valence-electron chi connectivity index (χ2n) is 6.08. The Hall–Kier alpha value is -2.83. The zero-order valence-electron chi connectivity index (χ0n) is 14.9. The average Bonchev–Trinajstić information content (AvgIpc) is 3.02. The highest BCUT2D eigenvalue weighted by atomic mass is 16.5. The molecule has 1 unspecified atom stereocenters. The standard InChI is InChI=1S/C18H22N4O3/c1-5-11-25-17-19-15-14(16(23)21(4)18(24)20(15)3)22(17)12(2)13-9-7-6-8-10-13/h6-10,12H,5,11H2,1-4H3. The summed E-state index contributed by atoms with van der Waals surface area (Å²) in [6, 6.07) is 10.0. The molecule has 3 rings (SSSR count). The Morgan fingerprint density at radius 3 is 2.44 bits per heavy atom. The van der Waals surface area contributed by atoms with Crippen LogP contribution in [0.3, 0.4) is 0 Å². The predicted molar refractivity (Wildman–Crippen MR) is 96.3 cm³/mol. The molecule has 0 radical (unpaired) electrons. The van der Waals surface area contributed by atoms with Crippen LogP contribution in [0.5, 0.6) is 6.01 Å². The van der Waals surface area contributed by atoms with Gasteiger partial charge in [0.2, 0.25) is 0 Å². The van der Waals surface area contributed by atoms with Crippen molar-refractivity contribution >= 4 is 11.2 Å². The summed E-state index contributed by atoms with van der Waals surface area (Å²) in [5.74, 6) is 0. The molecule has 0 saturated heterocycles. The first kappa shape index (κ1) is 17.0. The van der Waals surface area contributed by atoms with E-state index in [0.717, 1.165) is 16.6 Å². The summed E-state index contributed by atoms with van der Waals surface area (Å²) < 4.78 is 10.0. The Morgan fingerprint density at radius 2 is 1.80 bits per heavy atom. The Bertz CT molecular complexity index is 1010. The van der Waals surface area contributed by atoms with Crippen LogP contribution in [0.15, 0.2) is 39.9 Å². The number of benzene rings is 1. The van der Waals surface area contributed by atoms with Crippen LogP contribution in [-0.2, 0) is 14.1 Å². The molecular weight excluding hydrogens is 320 g/mol. The van der Waals surface area contributed by atoms with Gasteiger partial charge in [-0.1, -0.05) is 37.3 Å². The highest BCUT2D eigenvalue weighted by molar-refractivity contribution is 5.72. The van der Waals surface area contributed by atoms with Gasteiger partial charge >= 0.3 is 5.69 Å². The van der Waals surface area contributed by atoms with Gasteiger partial charge in [-0.25, -0.2) is 4.79 Å². The van der Waals surface area contributed by atoms with Crippen LogP contribution in [0.2, 0.25) is 0 Å². The molecule has 0 bridgehead atoms. The van der Waals surface area contributed by atoms with Gasteiger partial charge in [-0.05, 0) is 18.9 Å². The van der Waals surface area contributed by atoms with E-state index in [0.29, 0.717) is 23.8 Å². The van der Waals surface area contributed by atoms with E-state index >= 15 is 0 Å². The molecule has 0 aliphatic rings. The first-order chi connectivity index (χ1) is 12.0. The lowest BCUT2D eigenvalue weighted by atomic mass is 10.1. The van der Waals surface area contributed by atoms with E-state index in [2.05, 4.69) is 4.98 Å². The molecule has 7 nitrogen and oxygen atoms in total. The van der Waals surface area contributed by atoms with Crippen molar-refractivity contribution in [3.63, 3.8) is 0 Å². The zero-order chi connectivity index (χ0) is 18.1. The van der Waals surface area contributed by atoms with E-state index in [4.69, 9.17) is 4.74 Å². The number of ether oxygens (including phenoxy) is 1. The normalized spacial score (nSPS) is 12.5. The Balaban J connectivity index is 2.34. The van der Waals surface area contributed by atoms with Crippen molar-refractivity contribution in [3.05, 3.63) is 56.7 Å². The summed E-state index contributed by atoms with van der Waals surface area (Å²) in [5, 5.41) is 0. The quantitative estimate of drug-likeness (QED) is 0.709. The molecule has 0 fully saturated rings. The maximum Gasteiger partial charge on any atom is 0.332 e. The van der Waals surface area contributed by atoms with Gasteiger partial charge < -0.3 is 4.74 Å². The van der Waals surface area contributed by atoms with Gasteiger partial charge in [0.05, 0.1) is 12.6 Å². The number of hydrogen-bond donors (Lipinski definition) is 0. The van der Waals surface area contributed by atoms with E-state index in [1.54, 1.807) is 11.6 Å². The smallest absolute Gasteiger partial charge is 0.332 e. The molecule has 7 heteroatoms. The predicted octanol–water partition coefficient (Wildman–Crippen LogP) is 1.83. The minimum Gasteiger partial charge on any atom is -0.465 e. The van der Waals surface area contributed by atoms with Crippen molar-refractivity contribution in [1.82, 2.24) is 18.7 Å². The molecule has 25 heavy (non-hydrogen) atoms. The van der Waals surface area contributed by atoms with Crippen molar-refractivity contribution in [2.45, 2.75) is 26.3 Å². The van der Waals surface area contributed by atoms with Gasteiger partial charge in [-0.15, -0.1) is 0 Å². The molecule has 0 saturated carbocycles. The molecule has 2 heterocycles. The third-order valence-electron chi connectivity index (χ3n) is 4.36. The third kappa shape index (κ3) is 2.75. The third-order valence-corrected chi connectivity index (χ3v) is 4.36. The number of fused-ring (bicyclic) bond motifs is 1. The first-order valence-corrected chi connectivity index (χ1v) is 8.33. The van der Waals surface area contributed by atoms with E-state index in [1.807, 2.05) is 44.2 Å². The highest BCUT2D eigenvalue weighted by Gasteiger charge is 2.24. The Morgan fingerprint density at radius 1 is 1.12 bits per heavy atom. The molecule has 2 aromatic heterocycles. The molecule has 0 aliphatic carbocycles. The number of aryl methyl sites for hydroxylation is 1. The summed E-state index contributed by atoms with van der Waals surface area (Å²) in [4.78, 5) is 29.4. The minimum absolute atomic E-state index is 0.164. The fourth-order valence-electron chi connectivity index (χ4n) is 2.93. The lowest BCUT2D eigenvalue weighted by molar-refractivity contribution is 0.276. The molecule has 3 aromatic rings. The molecule has 0 aliphatic heterocycles. The maximum absolute atomic E-state index is 12.8. The van der Waals surface area contributed by atoms with Crippen LogP contribution in [0.25, 0.3) is 11.2 Å². The Kier molecular flexibility index (Phi) is 4.48. The van der Waals surface area contributed by atoms with Crippen molar-refractivity contribution in [1.29, 1.82) is 0 Å². The average molecular weight is 342 g/mol. The summed E-state index contributed by atoms with van der Waals surface area (Å²) in [5.41, 5.74) is 0.949. The molecule has 0 amide bonds. The van der Waals surface area contributed by atoms with E-state index in [-0.39, 0.29) is 11.6 Å². The number of nitrogens with zero attached hydrogens (tertiary/aromatic N) is 4. The number of aromatic nitrogens is 4. The highest BCUT2D eigenvalue weighted by Crippen LogP contribution is 2.27. The summed E-state index contributed by atoms with van der Waals surface area (Å²) >= 11 is 0. The molecule has 1 aromatic carbocycles. The lowest BCUT2D eigenvalue weighted by Gasteiger charge is -2.17. The number of hydrogen-bond acceptors (Lipinski definition) is 4. The fourth-order valence-corrected chi connectivity index (χ4v) is 2.93. The number of rotatable bonds is 5. The number of imidazole rings is 1. The van der Waals surface area contributed by atoms with Crippen LogP contribution in [0.1, 0.15) is 31.9 Å². The second-order valence-corrected chi connectivity index (χ2v) is 6.08. The zero-order valence-corrected chi connectivity index (χ0v) is 14.9. The van der Waals surface area contributed by atoms with Gasteiger partial charge in [0, 0.05) is 14.1 Å². The van der Waals surface area contributed by atoms with Gasteiger partial charge in [0.25, 0.3) is 11.6 Å². The fraction of sp³-hybridized carbons (Fsp3) is 0.389. The first-order valence-electron chi connectivity index (χ1n) is 8.33. The van der Waals surface area contributed by atoms with Crippen LogP contribution in [0.4, 0.5) is 0 Å². The van der Waals surface area contributed by atoms with Gasteiger partial charge in [0.1, 0.15) is 0 Å². The van der Waals surface area contributed by atoms with Gasteiger partial charge in [-0.2, -0.15) is 4.98 Å². The van der Waals surface area contributed by atoms with Crippen LogP contribution in [0, 0.1) is 0 Å². The largest absolute Gasteiger partial charge is 0.465 e. The van der Waals surface area contributed by atoms with Crippen molar-refractivity contribution < 1.29 is 4.74 Å². The van der Waals surface area contributed by atoms with Gasteiger partial charge in [-0.3, -0.25) is 18.5 Å². The van der Waals surface area contributed by atoms with E-state index < -0.39 is 5.69 Å². The van der Waals surface area contributed by atoms with Crippen molar-refractivity contribution in [2.24, 2.45) is 14.1 Å². The molecule has 132 valence electrons. The summed E-state index contributed by atoms with van der Waals surface area (Å²) in [6.07, 6.45) is 0.819. The van der Waals surface area contributed by atoms with Crippen LogP contribution >= 0.6 is 0 Å². The second kappa shape index (κ2) is 6.58. The molecule has 1 atom stereocenters. The minimum atomic E-state index is -0.406. The molecule has 0 N–H and O–H groups in total. The summed E-state index contributed by atoms with van der Waals surface area (Å²) in [6.45, 7) is 4.47.